The summed E-state index contributed by atoms with van der Waals surface area (Å²) in [6, 6.07) is 3.83. The second-order valence-corrected chi connectivity index (χ2v) is 6.43. The van der Waals surface area contributed by atoms with Gasteiger partial charge in [0.2, 0.25) is 0 Å². The quantitative estimate of drug-likeness (QED) is 0.705. The van der Waals surface area contributed by atoms with Crippen LogP contribution in [0.3, 0.4) is 0 Å². The van der Waals surface area contributed by atoms with E-state index in [1.165, 1.54) is 5.69 Å². The third-order valence-corrected chi connectivity index (χ3v) is 5.00. The van der Waals surface area contributed by atoms with Gasteiger partial charge in [0.1, 0.15) is 5.15 Å². The number of aliphatic hydroxyl groups is 1. The Bertz CT molecular complexity index is 799. The zero-order valence-electron chi connectivity index (χ0n) is 13.4. The summed E-state index contributed by atoms with van der Waals surface area (Å²) in [5, 5.41) is 9.66. The Kier molecular flexibility index (Phi) is 7.34. The van der Waals surface area contributed by atoms with Gasteiger partial charge in [-0.05, 0) is 12.1 Å². The Morgan fingerprint density at radius 2 is 2.08 bits per heavy atom. The van der Waals surface area contributed by atoms with Gasteiger partial charge in [-0.15, -0.1) is 11.3 Å². The highest BCUT2D eigenvalue weighted by Crippen LogP contribution is 2.28. The summed E-state index contributed by atoms with van der Waals surface area (Å²) in [4.78, 5) is 12.2. The number of morpholine rings is 1. The summed E-state index contributed by atoms with van der Waals surface area (Å²) in [5.41, 5.74) is 2.99. The monoisotopic (exact) mass is 382 g/mol. The van der Waals surface area contributed by atoms with Gasteiger partial charge in [0, 0.05) is 55.8 Å². The number of pyridine rings is 1. The highest BCUT2D eigenvalue weighted by atomic mass is 35.5. The zero-order chi connectivity index (χ0) is 16.9. The molecule has 0 amide bonds. The van der Waals surface area contributed by atoms with Gasteiger partial charge in [0.15, 0.2) is 4.96 Å². The third-order valence-electron chi connectivity index (χ3n) is 3.81. The van der Waals surface area contributed by atoms with E-state index < -0.39 is 0 Å². The maximum absolute atomic E-state index is 7.00. The highest BCUT2D eigenvalue weighted by molar-refractivity contribution is 7.15. The minimum absolute atomic E-state index is 0. The molecule has 0 bridgehead atoms. The number of nitrogens with zero attached hydrogens (tertiary/aromatic N) is 4. The fraction of sp³-hybridized carbons (Fsp3) is 0.412. The lowest BCUT2D eigenvalue weighted by Gasteiger charge is -2.26. The van der Waals surface area contributed by atoms with Crippen molar-refractivity contribution in [2.75, 3.05) is 33.4 Å². The molecule has 0 aromatic carbocycles. The van der Waals surface area contributed by atoms with Crippen LogP contribution < -0.4 is 0 Å². The highest BCUT2D eigenvalue weighted by Gasteiger charge is 2.16. The first-order chi connectivity index (χ1) is 11.8. The van der Waals surface area contributed by atoms with E-state index in [2.05, 4.69) is 24.6 Å². The van der Waals surface area contributed by atoms with Crippen LogP contribution in [0, 0.1) is 0 Å². The predicted octanol–water partition coefficient (Wildman–Crippen LogP) is 3.19. The first kappa shape index (κ1) is 19.8. The number of ether oxygens (including phenoxy) is 1. The van der Waals surface area contributed by atoms with Crippen molar-refractivity contribution in [3.05, 3.63) is 40.8 Å². The molecular formula is C17H23ClN4O2S. The molecule has 1 fully saturated rings. The molecule has 0 atom stereocenters. The Hall–Kier alpha value is -1.51. The Morgan fingerprint density at radius 3 is 2.80 bits per heavy atom. The summed E-state index contributed by atoms with van der Waals surface area (Å²) in [7, 11) is 1.00. The van der Waals surface area contributed by atoms with E-state index >= 15 is 0 Å². The lowest BCUT2D eigenvalue weighted by molar-refractivity contribution is 0.0336. The normalized spacial score (nSPS) is 14.7. The van der Waals surface area contributed by atoms with Crippen LogP contribution in [0.1, 0.15) is 13.1 Å². The van der Waals surface area contributed by atoms with Crippen LogP contribution in [0.25, 0.3) is 16.2 Å². The molecule has 0 aliphatic carbocycles. The molecule has 0 radical (unpaired) electrons. The van der Waals surface area contributed by atoms with Gasteiger partial charge in [-0.25, -0.2) is 9.97 Å². The fourth-order valence-corrected chi connectivity index (χ4v) is 3.72. The van der Waals surface area contributed by atoms with Gasteiger partial charge in [0.25, 0.3) is 0 Å². The van der Waals surface area contributed by atoms with Crippen molar-refractivity contribution in [2.45, 2.75) is 14.0 Å². The zero-order valence-corrected chi connectivity index (χ0v) is 14.9. The Morgan fingerprint density at radius 1 is 1.32 bits per heavy atom. The van der Waals surface area contributed by atoms with Crippen molar-refractivity contribution in [1.29, 1.82) is 0 Å². The third kappa shape index (κ3) is 4.37. The van der Waals surface area contributed by atoms with Crippen molar-refractivity contribution >= 4 is 27.9 Å². The number of aromatic nitrogens is 3. The van der Waals surface area contributed by atoms with Crippen LogP contribution in [0.2, 0.25) is 5.15 Å². The maximum Gasteiger partial charge on any atom is 0.194 e. The average Bonchev–Trinajstić information content (AvgIpc) is 3.20. The van der Waals surface area contributed by atoms with E-state index in [1.807, 2.05) is 18.3 Å². The molecule has 1 saturated heterocycles. The van der Waals surface area contributed by atoms with Crippen molar-refractivity contribution < 1.29 is 9.84 Å². The number of imidazole rings is 1. The van der Waals surface area contributed by atoms with Gasteiger partial charge in [-0.2, -0.15) is 0 Å². The molecule has 6 nitrogen and oxygen atoms in total. The lowest BCUT2D eigenvalue weighted by Crippen LogP contribution is -2.35. The number of aliphatic hydroxyl groups excluding tert-OH is 1. The molecule has 1 aliphatic rings. The number of halogens is 1. The topological polar surface area (TPSA) is 62.9 Å². The van der Waals surface area contributed by atoms with Crippen molar-refractivity contribution in [3.63, 3.8) is 0 Å². The second kappa shape index (κ2) is 9.26. The number of thiazole rings is 1. The van der Waals surface area contributed by atoms with Gasteiger partial charge < -0.3 is 9.84 Å². The molecule has 136 valence electrons. The molecule has 4 heterocycles. The van der Waals surface area contributed by atoms with E-state index in [4.69, 9.17) is 21.4 Å². The molecular weight excluding hydrogens is 360 g/mol. The van der Waals surface area contributed by atoms with E-state index in [-0.39, 0.29) is 7.43 Å². The van der Waals surface area contributed by atoms with Crippen LogP contribution in [-0.4, -0.2) is 57.8 Å². The molecule has 3 aromatic heterocycles. The Labute approximate surface area is 156 Å². The van der Waals surface area contributed by atoms with Crippen LogP contribution in [-0.2, 0) is 11.3 Å². The SMILES string of the molecule is C.CO.Clc1ncccc1-c1cn2c(CN3CCOCC3)csc2n1. The molecule has 3 aromatic rings. The van der Waals surface area contributed by atoms with Crippen LogP contribution in [0.4, 0.5) is 0 Å². The van der Waals surface area contributed by atoms with E-state index in [1.54, 1.807) is 17.5 Å². The molecule has 0 saturated carbocycles. The molecule has 0 unspecified atom stereocenters. The van der Waals surface area contributed by atoms with Crippen LogP contribution in [0.15, 0.2) is 29.9 Å². The number of hydrogen-bond donors (Lipinski definition) is 1. The van der Waals surface area contributed by atoms with Crippen LogP contribution in [0.5, 0.6) is 0 Å². The van der Waals surface area contributed by atoms with Crippen molar-refractivity contribution in [1.82, 2.24) is 19.3 Å². The first-order valence-corrected chi connectivity index (χ1v) is 8.88. The number of hydrogen-bond acceptors (Lipinski definition) is 6. The first-order valence-electron chi connectivity index (χ1n) is 7.62. The van der Waals surface area contributed by atoms with Gasteiger partial charge in [-0.1, -0.05) is 19.0 Å². The van der Waals surface area contributed by atoms with Gasteiger partial charge in [0.05, 0.1) is 18.9 Å². The smallest absolute Gasteiger partial charge is 0.194 e. The summed E-state index contributed by atoms with van der Waals surface area (Å²) < 4.78 is 7.55. The van der Waals surface area contributed by atoms with Crippen molar-refractivity contribution in [2.24, 2.45) is 0 Å². The molecule has 1 aliphatic heterocycles. The van der Waals surface area contributed by atoms with Crippen LogP contribution >= 0.6 is 22.9 Å². The molecule has 4 rings (SSSR count). The Balaban J connectivity index is 0.000000726. The summed E-state index contributed by atoms with van der Waals surface area (Å²) in [6.45, 7) is 4.50. The van der Waals surface area contributed by atoms with Gasteiger partial charge >= 0.3 is 0 Å². The molecule has 0 spiro atoms. The summed E-state index contributed by atoms with van der Waals surface area (Å²) in [6.07, 6.45) is 3.73. The number of rotatable bonds is 3. The molecule has 25 heavy (non-hydrogen) atoms. The lowest BCUT2D eigenvalue weighted by atomic mass is 10.2. The number of fused-ring (bicyclic) bond motifs is 1. The van der Waals surface area contributed by atoms with E-state index in [9.17, 15) is 0 Å². The largest absolute Gasteiger partial charge is 0.400 e. The maximum atomic E-state index is 7.00. The van der Waals surface area contributed by atoms with Gasteiger partial charge in [-0.3, -0.25) is 9.30 Å². The summed E-state index contributed by atoms with van der Waals surface area (Å²) in [5.74, 6) is 0. The summed E-state index contributed by atoms with van der Waals surface area (Å²) >= 11 is 7.82. The minimum atomic E-state index is 0. The van der Waals surface area contributed by atoms with Crippen molar-refractivity contribution in [3.8, 4) is 11.3 Å². The van der Waals surface area contributed by atoms with E-state index in [0.717, 1.165) is 56.2 Å². The fourth-order valence-electron chi connectivity index (χ4n) is 2.64. The molecule has 1 N–H and O–H groups in total. The molecule has 8 heteroatoms. The minimum Gasteiger partial charge on any atom is -0.400 e. The second-order valence-electron chi connectivity index (χ2n) is 5.24. The standard InChI is InChI=1S/C15H15ClN4OS.CH4O.CH4/c16-14-12(2-1-3-17-14)13-9-20-11(10-22-15(20)18-13)8-19-4-6-21-7-5-19;1-2;/h1-3,9-10H,4-8H2;2H,1H3;1H4. The predicted molar refractivity (Wildman–Crippen MR) is 102 cm³/mol. The average molecular weight is 383 g/mol. The van der Waals surface area contributed by atoms with E-state index in [0.29, 0.717) is 5.15 Å².